The number of alkyl halides is 3. The molecule has 2 heterocycles. The van der Waals surface area contributed by atoms with Crippen LogP contribution >= 0.6 is 0 Å². The molecule has 2 aromatic rings. The van der Waals surface area contributed by atoms with Crippen LogP contribution < -0.4 is 9.64 Å². The Morgan fingerprint density at radius 3 is 2.27 bits per heavy atom. The Bertz CT molecular complexity index is 852. The molecule has 0 atom stereocenters. The lowest BCUT2D eigenvalue weighted by Crippen LogP contribution is -2.48. The van der Waals surface area contributed by atoms with Crippen LogP contribution in [0.25, 0.3) is 0 Å². The van der Waals surface area contributed by atoms with E-state index in [9.17, 15) is 21.6 Å². The number of anilines is 1. The first-order valence-corrected chi connectivity index (χ1v) is 9.21. The van der Waals surface area contributed by atoms with E-state index in [2.05, 4.69) is 9.72 Å². The van der Waals surface area contributed by atoms with Crippen LogP contribution in [0.3, 0.4) is 0 Å². The third kappa shape index (κ3) is 4.25. The number of hydrogen-bond acceptors (Lipinski definition) is 5. The Labute approximate surface area is 148 Å². The fraction of sp³-hybridized carbons (Fsp3) is 0.312. The molecule has 0 amide bonds. The summed E-state index contributed by atoms with van der Waals surface area (Å²) in [6.07, 6.45) is -1.56. The minimum Gasteiger partial charge on any atom is -0.406 e. The lowest BCUT2D eigenvalue weighted by atomic mass is 10.3. The van der Waals surface area contributed by atoms with Crippen LogP contribution in [0.4, 0.5) is 18.9 Å². The number of benzene rings is 1. The topological polar surface area (TPSA) is 62.7 Å². The van der Waals surface area contributed by atoms with Crippen LogP contribution in [0.1, 0.15) is 0 Å². The Morgan fingerprint density at radius 2 is 1.65 bits per heavy atom. The van der Waals surface area contributed by atoms with Crippen LogP contribution in [0.5, 0.6) is 5.75 Å². The molecule has 6 nitrogen and oxygen atoms in total. The molecule has 0 radical (unpaired) electrons. The Morgan fingerprint density at radius 1 is 1.00 bits per heavy atom. The van der Waals surface area contributed by atoms with Gasteiger partial charge in [0.1, 0.15) is 5.75 Å². The number of hydrogen-bond donors (Lipinski definition) is 0. The molecule has 10 heteroatoms. The monoisotopic (exact) mass is 387 g/mol. The number of rotatable bonds is 4. The molecule has 0 saturated carbocycles. The summed E-state index contributed by atoms with van der Waals surface area (Å²) in [5, 5.41) is 0. The van der Waals surface area contributed by atoms with Crippen molar-refractivity contribution in [2.24, 2.45) is 0 Å². The van der Waals surface area contributed by atoms with Gasteiger partial charge in [-0.25, -0.2) is 8.42 Å². The molecule has 1 aliphatic rings. The second-order valence-corrected chi connectivity index (χ2v) is 7.56. The quantitative estimate of drug-likeness (QED) is 0.807. The molecule has 1 aromatic heterocycles. The van der Waals surface area contributed by atoms with E-state index in [4.69, 9.17) is 0 Å². The summed E-state index contributed by atoms with van der Waals surface area (Å²) in [6, 6.07) is 8.10. The van der Waals surface area contributed by atoms with E-state index < -0.39 is 22.1 Å². The van der Waals surface area contributed by atoms with Crippen LogP contribution in [0.2, 0.25) is 0 Å². The van der Waals surface area contributed by atoms with E-state index in [-0.39, 0.29) is 18.0 Å². The second kappa shape index (κ2) is 7.12. The highest BCUT2D eigenvalue weighted by Gasteiger charge is 2.33. The van der Waals surface area contributed by atoms with Gasteiger partial charge in [-0.3, -0.25) is 4.98 Å². The van der Waals surface area contributed by atoms with Gasteiger partial charge < -0.3 is 9.64 Å². The largest absolute Gasteiger partial charge is 0.573 e. The zero-order chi connectivity index (χ0) is 18.8. The maximum Gasteiger partial charge on any atom is 0.573 e. The average Bonchev–Trinajstić information content (AvgIpc) is 2.61. The molecule has 0 spiro atoms. The smallest absolute Gasteiger partial charge is 0.406 e. The standard InChI is InChI=1S/C16H16F3N3O3S/c17-16(18,19)25-14-2-1-3-15(12-14)26(23,24)22-10-8-21(9-11-22)13-4-6-20-7-5-13/h1-7,12H,8-11H2. The van der Waals surface area contributed by atoms with Crippen molar-refractivity contribution in [1.82, 2.24) is 9.29 Å². The minimum atomic E-state index is -4.88. The van der Waals surface area contributed by atoms with Crippen molar-refractivity contribution >= 4 is 15.7 Å². The Balaban J connectivity index is 1.72. The summed E-state index contributed by atoms with van der Waals surface area (Å²) < 4.78 is 67.5. The summed E-state index contributed by atoms with van der Waals surface area (Å²) in [7, 11) is -3.90. The summed E-state index contributed by atoms with van der Waals surface area (Å²) in [5.74, 6) is -0.561. The van der Waals surface area contributed by atoms with E-state index in [1.165, 1.54) is 16.4 Å². The van der Waals surface area contributed by atoms with Gasteiger partial charge in [-0.2, -0.15) is 4.31 Å². The maximum absolute atomic E-state index is 12.7. The molecule has 1 fully saturated rings. The molecule has 0 N–H and O–H groups in total. The first-order chi connectivity index (χ1) is 12.3. The molecule has 26 heavy (non-hydrogen) atoms. The van der Waals surface area contributed by atoms with Gasteiger partial charge >= 0.3 is 6.36 Å². The first-order valence-electron chi connectivity index (χ1n) is 7.77. The van der Waals surface area contributed by atoms with Gasteiger partial charge in [0.25, 0.3) is 0 Å². The summed E-state index contributed by atoms with van der Waals surface area (Å²) >= 11 is 0. The van der Waals surface area contributed by atoms with Gasteiger partial charge in [-0.1, -0.05) is 6.07 Å². The van der Waals surface area contributed by atoms with E-state index in [1.807, 2.05) is 17.0 Å². The van der Waals surface area contributed by atoms with Crippen molar-refractivity contribution in [1.29, 1.82) is 0 Å². The van der Waals surface area contributed by atoms with Crippen molar-refractivity contribution in [2.75, 3.05) is 31.1 Å². The lowest BCUT2D eigenvalue weighted by molar-refractivity contribution is -0.274. The highest BCUT2D eigenvalue weighted by molar-refractivity contribution is 7.89. The average molecular weight is 387 g/mol. The van der Waals surface area contributed by atoms with Crippen LogP contribution in [0.15, 0.2) is 53.7 Å². The van der Waals surface area contributed by atoms with Crippen LogP contribution in [0, 0.1) is 0 Å². The van der Waals surface area contributed by atoms with E-state index >= 15 is 0 Å². The fourth-order valence-electron chi connectivity index (χ4n) is 2.72. The van der Waals surface area contributed by atoms with Crippen molar-refractivity contribution in [3.63, 3.8) is 0 Å². The number of piperazine rings is 1. The molecule has 1 aliphatic heterocycles. The van der Waals surface area contributed by atoms with Crippen molar-refractivity contribution in [2.45, 2.75) is 11.3 Å². The van der Waals surface area contributed by atoms with E-state index in [1.54, 1.807) is 12.4 Å². The van der Waals surface area contributed by atoms with Gasteiger partial charge in [0.05, 0.1) is 4.90 Å². The van der Waals surface area contributed by atoms with Gasteiger partial charge in [0, 0.05) is 50.3 Å². The molecule has 0 unspecified atom stereocenters. The Kier molecular flexibility index (Phi) is 5.05. The third-order valence-corrected chi connectivity index (χ3v) is 5.84. The van der Waals surface area contributed by atoms with E-state index in [0.29, 0.717) is 13.1 Å². The molecular weight excluding hydrogens is 371 g/mol. The molecule has 0 bridgehead atoms. The highest BCUT2D eigenvalue weighted by Crippen LogP contribution is 2.27. The molecule has 3 rings (SSSR count). The summed E-state index contributed by atoms with van der Waals surface area (Å²) in [4.78, 5) is 5.74. The minimum absolute atomic E-state index is 0.225. The SMILES string of the molecule is O=S(=O)(c1cccc(OC(F)(F)F)c1)N1CCN(c2ccncc2)CC1. The number of pyridine rings is 1. The van der Waals surface area contributed by atoms with Crippen LogP contribution in [-0.4, -0.2) is 50.2 Å². The third-order valence-electron chi connectivity index (χ3n) is 3.94. The number of halogens is 3. The number of sulfonamides is 1. The summed E-state index contributed by atoms with van der Waals surface area (Å²) in [6.45, 7) is 1.41. The van der Waals surface area contributed by atoms with E-state index in [0.717, 1.165) is 17.8 Å². The number of aromatic nitrogens is 1. The van der Waals surface area contributed by atoms with Gasteiger partial charge in [0.15, 0.2) is 0 Å². The van der Waals surface area contributed by atoms with Crippen molar-refractivity contribution in [3.05, 3.63) is 48.8 Å². The van der Waals surface area contributed by atoms with Crippen molar-refractivity contribution in [3.8, 4) is 5.75 Å². The highest BCUT2D eigenvalue weighted by atomic mass is 32.2. The lowest BCUT2D eigenvalue weighted by Gasteiger charge is -2.35. The number of nitrogens with zero attached hydrogens (tertiary/aromatic N) is 3. The van der Waals surface area contributed by atoms with Crippen molar-refractivity contribution < 1.29 is 26.3 Å². The zero-order valence-corrected chi connectivity index (χ0v) is 14.4. The van der Waals surface area contributed by atoms with Gasteiger partial charge in [-0.05, 0) is 24.3 Å². The summed E-state index contributed by atoms with van der Waals surface area (Å²) in [5.41, 5.74) is 0.942. The number of ether oxygens (including phenoxy) is 1. The fourth-order valence-corrected chi connectivity index (χ4v) is 4.18. The van der Waals surface area contributed by atoms with Crippen LogP contribution in [-0.2, 0) is 10.0 Å². The normalized spacial score (nSPS) is 16.5. The first kappa shape index (κ1) is 18.5. The Hall–Kier alpha value is -2.33. The maximum atomic E-state index is 12.7. The van der Waals surface area contributed by atoms with Gasteiger partial charge in [-0.15, -0.1) is 13.2 Å². The second-order valence-electron chi connectivity index (χ2n) is 5.62. The molecular formula is C16H16F3N3O3S. The molecule has 1 saturated heterocycles. The predicted molar refractivity (Wildman–Crippen MR) is 88.3 cm³/mol. The zero-order valence-electron chi connectivity index (χ0n) is 13.6. The molecule has 0 aliphatic carbocycles. The molecule has 1 aromatic carbocycles. The molecule has 140 valence electrons. The predicted octanol–water partition coefficient (Wildman–Crippen LogP) is 2.49. The van der Waals surface area contributed by atoms with Gasteiger partial charge in [0.2, 0.25) is 10.0 Å².